The Bertz CT molecular complexity index is 492. The van der Waals surface area contributed by atoms with Gasteiger partial charge in [-0.3, -0.25) is 9.11 Å². The first kappa shape index (κ1) is 20.9. The van der Waals surface area contributed by atoms with Crippen LogP contribution in [0.3, 0.4) is 0 Å². The molecule has 0 fully saturated rings. The Morgan fingerprint density at radius 3 is 1.70 bits per heavy atom. The van der Waals surface area contributed by atoms with Gasteiger partial charge >= 0.3 is 18.3 Å². The van der Waals surface area contributed by atoms with E-state index in [2.05, 4.69) is 9.68 Å². The predicted octanol–water partition coefficient (Wildman–Crippen LogP) is -0.883. The number of hydrogen-bond acceptors (Lipinski definition) is 11. The molecule has 0 rings (SSSR count). The first-order valence-corrected chi connectivity index (χ1v) is 8.70. The van der Waals surface area contributed by atoms with Gasteiger partial charge in [-0.15, -0.1) is 20.2 Å². The van der Waals surface area contributed by atoms with Gasteiger partial charge in [-0.2, -0.15) is 16.8 Å². The van der Waals surface area contributed by atoms with Gasteiger partial charge < -0.3 is 9.68 Å². The first-order chi connectivity index (χ1) is 8.73. The molecule has 0 aromatic rings. The van der Waals surface area contributed by atoms with Crippen molar-refractivity contribution < 1.29 is 45.8 Å². The molecule has 0 saturated heterocycles. The van der Waals surface area contributed by atoms with E-state index in [-0.39, 0.29) is 0 Å². The molecule has 120 valence electrons. The highest BCUT2D eigenvalue weighted by atomic mass is 33.5. The second kappa shape index (κ2) is 8.68. The Kier molecular flexibility index (Phi) is 9.07. The summed E-state index contributed by atoms with van der Waals surface area (Å²) >= 11 is 0. The van der Waals surface area contributed by atoms with E-state index in [9.17, 15) is 37.1 Å². The minimum absolute atomic E-state index is 0.450. The molecule has 0 aliphatic carbocycles. The SMILES string of the molecule is CC(CO[N+](=O)[O-])O[N+](=O)[O-].O=S(=O)(O)SS(=O)(=O)O. The number of hydrogen-bond donors (Lipinski definition) is 2. The summed E-state index contributed by atoms with van der Waals surface area (Å²) in [6.07, 6.45) is -0.935. The van der Waals surface area contributed by atoms with Gasteiger partial charge in [0, 0.05) is 0 Å². The summed E-state index contributed by atoms with van der Waals surface area (Å²) in [4.78, 5) is 26.9. The fourth-order valence-corrected chi connectivity index (χ4v) is 3.28. The molecule has 2 N–H and O–H groups in total. The highest BCUT2D eigenvalue weighted by Crippen LogP contribution is 2.15. The third kappa shape index (κ3) is 21.8. The van der Waals surface area contributed by atoms with Gasteiger partial charge in [0.1, 0.15) is 12.7 Å². The first-order valence-electron chi connectivity index (χ1n) is 3.97. The monoisotopic (exact) mass is 360 g/mol. The van der Waals surface area contributed by atoms with Crippen molar-refractivity contribution in [1.29, 1.82) is 0 Å². The van der Waals surface area contributed by atoms with Gasteiger partial charge in [-0.1, -0.05) is 0 Å². The van der Waals surface area contributed by atoms with Crippen LogP contribution in [0.2, 0.25) is 0 Å². The Morgan fingerprint density at radius 1 is 1.10 bits per heavy atom. The molecule has 0 radical (unpaired) electrons. The average Bonchev–Trinajstić information content (AvgIpc) is 2.08. The molecule has 0 aliphatic rings. The highest BCUT2D eigenvalue weighted by molar-refractivity contribution is 9.02. The molecule has 0 spiro atoms. The number of nitrogens with zero attached hydrogens (tertiary/aromatic N) is 2. The van der Waals surface area contributed by atoms with E-state index in [0.29, 0.717) is 0 Å². The summed E-state index contributed by atoms with van der Waals surface area (Å²) in [7, 11) is -10.3. The van der Waals surface area contributed by atoms with Gasteiger partial charge in [0.05, 0.1) is 0 Å². The van der Waals surface area contributed by atoms with Crippen LogP contribution >= 0.6 is 9.83 Å². The highest BCUT2D eigenvalue weighted by Gasteiger charge is 2.17. The second-order valence-corrected chi connectivity index (χ2v) is 8.59. The standard InChI is InChI=1S/C3H6N2O6.H2O6S3/c1-3(11-5(8)9)2-10-4(6)7;1-8(2,3)7-9(4,5)6/h3H,2H2,1H3;(H,1,2,3)(H,4,5,6). The van der Waals surface area contributed by atoms with Crippen LogP contribution in [0.25, 0.3) is 0 Å². The van der Waals surface area contributed by atoms with Gasteiger partial charge in [0.2, 0.25) is 0 Å². The Labute approximate surface area is 114 Å². The third-order valence-electron chi connectivity index (χ3n) is 0.853. The molecule has 0 saturated carbocycles. The molecule has 0 heterocycles. The third-order valence-corrected chi connectivity index (χ3v) is 5.32. The van der Waals surface area contributed by atoms with Crippen molar-refractivity contribution in [3.63, 3.8) is 0 Å². The molecule has 0 aromatic heterocycles. The van der Waals surface area contributed by atoms with Crippen molar-refractivity contribution in [2.45, 2.75) is 13.0 Å². The Balaban J connectivity index is 0. The predicted molar refractivity (Wildman–Crippen MR) is 61.2 cm³/mol. The maximum atomic E-state index is 9.63. The van der Waals surface area contributed by atoms with Crippen molar-refractivity contribution >= 4 is 28.1 Å². The van der Waals surface area contributed by atoms with Crippen molar-refractivity contribution in [1.82, 2.24) is 0 Å². The smallest absolute Gasteiger partial charge is 0.312 e. The second-order valence-electron chi connectivity index (χ2n) is 2.58. The zero-order valence-corrected chi connectivity index (χ0v) is 11.8. The van der Waals surface area contributed by atoms with Crippen molar-refractivity contribution in [2.24, 2.45) is 0 Å². The normalized spacial score (nSPS) is 12.6. The fourth-order valence-electron chi connectivity index (χ4n) is 0.452. The van der Waals surface area contributed by atoms with Gasteiger partial charge in [-0.05, 0) is 6.92 Å². The molecule has 17 heteroatoms. The molecule has 1 atom stereocenters. The van der Waals surface area contributed by atoms with E-state index in [1.165, 1.54) is 6.92 Å². The minimum atomic E-state index is -4.70. The largest absolute Gasteiger partial charge is 0.336 e. The molecule has 0 aliphatic heterocycles. The molecule has 1 unspecified atom stereocenters. The van der Waals surface area contributed by atoms with E-state index < -0.39 is 51.0 Å². The molecular formula is C3H8N2O12S3. The lowest BCUT2D eigenvalue weighted by Gasteiger charge is -2.05. The van der Waals surface area contributed by atoms with Crippen molar-refractivity contribution in [3.05, 3.63) is 20.2 Å². The van der Waals surface area contributed by atoms with E-state index in [1.807, 2.05) is 0 Å². The zero-order chi connectivity index (χ0) is 16.6. The fraction of sp³-hybridized carbons (Fsp3) is 1.00. The molecule has 0 amide bonds. The van der Waals surface area contributed by atoms with Crippen LogP contribution in [-0.2, 0) is 28.0 Å². The molecule has 0 aromatic carbocycles. The minimum Gasteiger partial charge on any atom is -0.312 e. The summed E-state index contributed by atoms with van der Waals surface area (Å²) in [6.45, 7) is 0.834. The van der Waals surface area contributed by atoms with E-state index >= 15 is 0 Å². The topological polar surface area (TPSA) is 213 Å². The zero-order valence-electron chi connectivity index (χ0n) is 9.38. The van der Waals surface area contributed by atoms with Crippen molar-refractivity contribution in [3.8, 4) is 0 Å². The van der Waals surface area contributed by atoms with Crippen LogP contribution in [0.1, 0.15) is 6.92 Å². The van der Waals surface area contributed by atoms with Crippen LogP contribution in [0, 0.1) is 20.2 Å². The lowest BCUT2D eigenvalue weighted by molar-refractivity contribution is -0.789. The summed E-state index contributed by atoms with van der Waals surface area (Å²) in [6, 6.07) is 0. The van der Waals surface area contributed by atoms with Crippen LogP contribution in [0.4, 0.5) is 0 Å². The lowest BCUT2D eigenvalue weighted by atomic mass is 10.5. The average molecular weight is 360 g/mol. The number of rotatable bonds is 7. The van der Waals surface area contributed by atoms with E-state index in [1.54, 1.807) is 0 Å². The summed E-state index contributed by atoms with van der Waals surface area (Å²) < 4.78 is 54.0. The van der Waals surface area contributed by atoms with E-state index in [0.717, 1.165) is 0 Å². The maximum absolute atomic E-state index is 9.63. The van der Waals surface area contributed by atoms with Crippen LogP contribution in [0.5, 0.6) is 0 Å². The maximum Gasteiger partial charge on any atom is 0.336 e. The van der Waals surface area contributed by atoms with Gasteiger partial charge in [0.15, 0.2) is 9.83 Å². The lowest BCUT2D eigenvalue weighted by Crippen LogP contribution is -2.21. The van der Waals surface area contributed by atoms with Crippen molar-refractivity contribution in [2.75, 3.05) is 6.61 Å². The summed E-state index contributed by atoms with van der Waals surface area (Å²) in [5.74, 6) is 0. The quantitative estimate of drug-likeness (QED) is 0.244. The van der Waals surface area contributed by atoms with Gasteiger partial charge in [0.25, 0.3) is 10.2 Å². The molecule has 0 bridgehead atoms. The van der Waals surface area contributed by atoms with E-state index in [4.69, 9.17) is 9.11 Å². The van der Waals surface area contributed by atoms with Crippen LogP contribution < -0.4 is 0 Å². The summed E-state index contributed by atoms with van der Waals surface area (Å²) in [5.41, 5.74) is 0. The van der Waals surface area contributed by atoms with Gasteiger partial charge in [-0.25, -0.2) is 0 Å². The summed E-state index contributed by atoms with van der Waals surface area (Å²) in [5, 5.41) is 17.1. The van der Waals surface area contributed by atoms with Crippen LogP contribution in [0.15, 0.2) is 0 Å². The molecule has 20 heavy (non-hydrogen) atoms. The molecular weight excluding hydrogens is 352 g/mol. The Morgan fingerprint density at radius 2 is 1.50 bits per heavy atom. The Hall–Kier alpha value is -1.43. The van der Waals surface area contributed by atoms with Crippen LogP contribution in [-0.4, -0.2) is 48.8 Å². The molecule has 14 nitrogen and oxygen atoms in total.